The summed E-state index contributed by atoms with van der Waals surface area (Å²) in [4.78, 5) is 11.9. The first-order valence-electron chi connectivity index (χ1n) is 6.37. The lowest BCUT2D eigenvalue weighted by Gasteiger charge is -2.15. The quantitative estimate of drug-likeness (QED) is 0.615. The van der Waals surface area contributed by atoms with E-state index in [4.69, 9.17) is 15.4 Å². The van der Waals surface area contributed by atoms with Gasteiger partial charge in [0.1, 0.15) is 0 Å². The van der Waals surface area contributed by atoms with Gasteiger partial charge in [-0.15, -0.1) is 0 Å². The molecule has 0 aliphatic rings. The summed E-state index contributed by atoms with van der Waals surface area (Å²) >= 11 is 0. The van der Waals surface area contributed by atoms with Gasteiger partial charge in [-0.25, -0.2) is 13.2 Å². The molecular weight excluding hydrogens is 300 g/mol. The molecule has 1 aromatic carbocycles. The van der Waals surface area contributed by atoms with Crippen molar-refractivity contribution in [1.29, 1.82) is 0 Å². The van der Waals surface area contributed by atoms with Crippen LogP contribution in [0.3, 0.4) is 0 Å². The number of ether oxygens (including phenoxy) is 1. The molecule has 0 bridgehead atoms. The minimum atomic E-state index is -3.86. The zero-order valence-corrected chi connectivity index (χ0v) is 13.6. The number of carbonyl (C=O) groups is 1. The Kier molecular flexibility index (Phi) is 5.59. The zero-order valence-electron chi connectivity index (χ0n) is 12.0. The Bertz CT molecular complexity index is 593. The van der Waals surface area contributed by atoms with Crippen molar-refractivity contribution in [2.24, 2.45) is 5.92 Å². The molecular formula is C14H19ClO4S. The lowest BCUT2D eigenvalue weighted by molar-refractivity contribution is 0.0299. The Morgan fingerprint density at radius 2 is 1.85 bits per heavy atom. The van der Waals surface area contributed by atoms with Crippen molar-refractivity contribution in [3.05, 3.63) is 29.3 Å². The van der Waals surface area contributed by atoms with Crippen molar-refractivity contribution >= 4 is 25.7 Å². The maximum absolute atomic E-state index is 12.0. The Labute approximate surface area is 124 Å². The van der Waals surface area contributed by atoms with E-state index in [1.54, 1.807) is 13.0 Å². The van der Waals surface area contributed by atoms with Gasteiger partial charge in [0.25, 0.3) is 9.05 Å². The van der Waals surface area contributed by atoms with Crippen LogP contribution >= 0.6 is 10.7 Å². The molecule has 0 saturated carbocycles. The summed E-state index contributed by atoms with van der Waals surface area (Å²) in [6, 6.07) is 4.23. The number of halogens is 1. The predicted octanol–water partition coefficient (Wildman–Crippen LogP) is 3.51. The molecule has 20 heavy (non-hydrogen) atoms. The van der Waals surface area contributed by atoms with Gasteiger partial charge >= 0.3 is 5.97 Å². The van der Waals surface area contributed by atoms with Crippen molar-refractivity contribution in [1.82, 2.24) is 0 Å². The third-order valence-corrected chi connectivity index (χ3v) is 4.01. The van der Waals surface area contributed by atoms with E-state index in [2.05, 4.69) is 0 Å². The predicted molar refractivity (Wildman–Crippen MR) is 78.6 cm³/mol. The summed E-state index contributed by atoms with van der Waals surface area (Å²) in [6.45, 7) is 7.58. The molecule has 0 saturated heterocycles. The highest BCUT2D eigenvalue weighted by Crippen LogP contribution is 2.20. The van der Waals surface area contributed by atoms with Gasteiger partial charge in [-0.3, -0.25) is 0 Å². The van der Waals surface area contributed by atoms with Crippen LogP contribution in [0.1, 0.15) is 43.1 Å². The second-order valence-corrected chi connectivity index (χ2v) is 7.88. The Balaban J connectivity index is 2.97. The third-order valence-electron chi connectivity index (χ3n) is 2.68. The molecule has 1 atom stereocenters. The lowest BCUT2D eigenvalue weighted by Crippen LogP contribution is -2.17. The zero-order chi connectivity index (χ0) is 15.5. The van der Waals surface area contributed by atoms with E-state index in [1.165, 1.54) is 12.1 Å². The Hall–Kier alpha value is -1.07. The summed E-state index contributed by atoms with van der Waals surface area (Å²) in [5.74, 6) is -0.127. The lowest BCUT2D eigenvalue weighted by atomic mass is 10.1. The van der Waals surface area contributed by atoms with Gasteiger partial charge in [0.05, 0.1) is 16.6 Å². The highest BCUT2D eigenvalue weighted by atomic mass is 35.7. The topological polar surface area (TPSA) is 60.4 Å². The first kappa shape index (κ1) is 17.0. The summed E-state index contributed by atoms with van der Waals surface area (Å²) < 4.78 is 28.0. The van der Waals surface area contributed by atoms with E-state index in [-0.39, 0.29) is 16.6 Å². The molecule has 0 aromatic heterocycles. The first-order chi connectivity index (χ1) is 9.09. The van der Waals surface area contributed by atoms with Gasteiger partial charge in [-0.05, 0) is 49.9 Å². The molecule has 0 spiro atoms. The molecule has 1 aromatic rings. The average molecular weight is 319 g/mol. The maximum atomic E-state index is 12.0. The van der Waals surface area contributed by atoms with Crippen LogP contribution < -0.4 is 0 Å². The van der Waals surface area contributed by atoms with Crippen molar-refractivity contribution in [3.63, 3.8) is 0 Å². The van der Waals surface area contributed by atoms with Crippen molar-refractivity contribution in [2.45, 2.75) is 45.1 Å². The van der Waals surface area contributed by atoms with Crippen molar-refractivity contribution in [2.75, 3.05) is 0 Å². The van der Waals surface area contributed by atoms with Crippen LogP contribution in [-0.2, 0) is 13.8 Å². The van der Waals surface area contributed by atoms with Gasteiger partial charge in [0, 0.05) is 10.7 Å². The maximum Gasteiger partial charge on any atom is 0.338 e. The molecule has 0 heterocycles. The van der Waals surface area contributed by atoms with E-state index >= 15 is 0 Å². The fourth-order valence-corrected chi connectivity index (χ4v) is 2.83. The van der Waals surface area contributed by atoms with Crippen LogP contribution in [-0.4, -0.2) is 20.5 Å². The number of hydrogen-bond donors (Lipinski definition) is 0. The number of aryl methyl sites for hydroxylation is 1. The molecule has 0 radical (unpaired) electrons. The van der Waals surface area contributed by atoms with Crippen LogP contribution in [0.4, 0.5) is 0 Å². The van der Waals surface area contributed by atoms with Crippen LogP contribution in [0, 0.1) is 12.8 Å². The molecule has 0 N–H and O–H groups in total. The van der Waals surface area contributed by atoms with E-state index in [1.807, 2.05) is 20.8 Å². The molecule has 4 nitrogen and oxygen atoms in total. The van der Waals surface area contributed by atoms with E-state index in [0.29, 0.717) is 11.5 Å². The van der Waals surface area contributed by atoms with Crippen LogP contribution in [0.2, 0.25) is 0 Å². The Morgan fingerprint density at radius 3 is 2.35 bits per heavy atom. The SMILES string of the molecule is Cc1cc(C(=O)OC(C)CC(C)C)cc(S(=O)(=O)Cl)c1. The second-order valence-electron chi connectivity index (χ2n) is 5.32. The van der Waals surface area contributed by atoms with Gasteiger partial charge in [-0.1, -0.05) is 13.8 Å². The number of esters is 1. The fourth-order valence-electron chi connectivity index (χ4n) is 1.97. The molecule has 0 aliphatic carbocycles. The number of carbonyl (C=O) groups excluding carboxylic acids is 1. The molecule has 0 aliphatic heterocycles. The van der Waals surface area contributed by atoms with Gasteiger partial charge in [0.2, 0.25) is 0 Å². The summed E-state index contributed by atoms with van der Waals surface area (Å²) in [6.07, 6.45) is 0.525. The number of benzene rings is 1. The van der Waals surface area contributed by atoms with Gasteiger partial charge < -0.3 is 4.74 Å². The van der Waals surface area contributed by atoms with Crippen LogP contribution in [0.5, 0.6) is 0 Å². The van der Waals surface area contributed by atoms with E-state index < -0.39 is 15.0 Å². The third kappa shape index (κ3) is 5.13. The van der Waals surface area contributed by atoms with Crippen molar-refractivity contribution < 1.29 is 17.9 Å². The Morgan fingerprint density at radius 1 is 1.25 bits per heavy atom. The largest absolute Gasteiger partial charge is 0.459 e. The van der Waals surface area contributed by atoms with Gasteiger partial charge in [-0.2, -0.15) is 0 Å². The smallest absolute Gasteiger partial charge is 0.338 e. The number of rotatable bonds is 5. The highest BCUT2D eigenvalue weighted by Gasteiger charge is 2.17. The highest BCUT2D eigenvalue weighted by molar-refractivity contribution is 8.13. The normalized spacial score (nSPS) is 13.3. The molecule has 0 fully saturated rings. The molecule has 1 rings (SSSR count). The average Bonchev–Trinajstić information content (AvgIpc) is 2.25. The van der Waals surface area contributed by atoms with E-state index in [9.17, 15) is 13.2 Å². The molecule has 1 unspecified atom stereocenters. The minimum absolute atomic E-state index is 0.0948. The molecule has 112 valence electrons. The second kappa shape index (κ2) is 6.59. The monoisotopic (exact) mass is 318 g/mol. The summed E-state index contributed by atoms with van der Waals surface area (Å²) in [5, 5.41) is 0. The van der Waals surface area contributed by atoms with E-state index in [0.717, 1.165) is 6.42 Å². The number of hydrogen-bond acceptors (Lipinski definition) is 4. The van der Waals surface area contributed by atoms with Crippen molar-refractivity contribution in [3.8, 4) is 0 Å². The van der Waals surface area contributed by atoms with Crippen LogP contribution in [0.25, 0.3) is 0 Å². The standard InChI is InChI=1S/C14H19ClO4S/c1-9(2)5-11(4)19-14(16)12-6-10(3)7-13(8-12)20(15,17)18/h6-9,11H,5H2,1-4H3. The molecule has 6 heteroatoms. The fraction of sp³-hybridized carbons (Fsp3) is 0.500. The molecule has 0 amide bonds. The first-order valence-corrected chi connectivity index (χ1v) is 8.68. The minimum Gasteiger partial charge on any atom is -0.459 e. The van der Waals surface area contributed by atoms with Gasteiger partial charge in [0.15, 0.2) is 0 Å². The summed E-state index contributed by atoms with van der Waals surface area (Å²) in [7, 11) is 1.44. The van der Waals surface area contributed by atoms with Crippen LogP contribution in [0.15, 0.2) is 23.1 Å². The summed E-state index contributed by atoms with van der Waals surface area (Å²) in [5.41, 5.74) is 0.829.